The quantitative estimate of drug-likeness (QED) is 0.628. The van der Waals surface area contributed by atoms with Gasteiger partial charge in [0.2, 0.25) is 5.57 Å². The molecule has 0 fully saturated rings. The molecule has 15 heavy (non-hydrogen) atoms. The summed E-state index contributed by atoms with van der Waals surface area (Å²) in [7, 11) is 9.23. The standard InChI is InChI=1S/C6H9N2O3P.2ClH.Zn/c1-10-12(9,11-2)6-7-4-3-5-8-6;;;/h3-5H,1-2H3;2*1H;/q;;;+2/p-2. The van der Waals surface area contributed by atoms with Crippen molar-refractivity contribution in [3.05, 3.63) is 18.5 Å². The van der Waals surface area contributed by atoms with Gasteiger partial charge < -0.3 is 9.05 Å². The number of rotatable bonds is 3. The van der Waals surface area contributed by atoms with Crippen molar-refractivity contribution in [2.24, 2.45) is 0 Å². The van der Waals surface area contributed by atoms with E-state index in [0.29, 0.717) is 0 Å². The zero-order valence-corrected chi connectivity index (χ0v) is 13.6. The monoisotopic (exact) mass is 322 g/mol. The second kappa shape index (κ2) is 8.57. The first kappa shape index (κ1) is 15.4. The van der Waals surface area contributed by atoms with Gasteiger partial charge in [-0.05, 0) is 6.07 Å². The van der Waals surface area contributed by atoms with Crippen LogP contribution >= 0.6 is 27.0 Å². The third kappa shape index (κ3) is 5.34. The van der Waals surface area contributed by atoms with Crippen LogP contribution in [0.2, 0.25) is 0 Å². The van der Waals surface area contributed by atoms with Crippen molar-refractivity contribution in [3.8, 4) is 0 Å². The molecule has 0 aromatic carbocycles. The summed E-state index contributed by atoms with van der Waals surface area (Å²) in [6, 6.07) is 1.62. The molecule has 0 saturated carbocycles. The molecule has 5 nitrogen and oxygen atoms in total. The van der Waals surface area contributed by atoms with Gasteiger partial charge in [-0.2, -0.15) is 0 Å². The van der Waals surface area contributed by atoms with Gasteiger partial charge in [0.15, 0.2) is 0 Å². The molecule has 1 aromatic rings. The van der Waals surface area contributed by atoms with Crippen molar-refractivity contribution in [1.82, 2.24) is 9.97 Å². The van der Waals surface area contributed by atoms with E-state index < -0.39 is 22.7 Å². The van der Waals surface area contributed by atoms with Gasteiger partial charge in [-0.1, -0.05) is 0 Å². The molecule has 1 heterocycles. The molecule has 1 rings (SSSR count). The molecule has 0 N–H and O–H groups in total. The van der Waals surface area contributed by atoms with Crippen LogP contribution in [0.4, 0.5) is 0 Å². The molecule has 1 aromatic heterocycles. The molecule has 0 saturated heterocycles. The fourth-order valence-electron chi connectivity index (χ4n) is 0.670. The number of nitrogens with zero attached hydrogens (tertiary/aromatic N) is 2. The van der Waals surface area contributed by atoms with Gasteiger partial charge in [-0.15, -0.1) is 0 Å². The van der Waals surface area contributed by atoms with E-state index >= 15 is 0 Å². The molecule has 0 aliphatic rings. The van der Waals surface area contributed by atoms with Gasteiger partial charge in [0.25, 0.3) is 0 Å². The summed E-state index contributed by atoms with van der Waals surface area (Å²) >= 11 is -0.931. The van der Waals surface area contributed by atoms with Gasteiger partial charge in [0.1, 0.15) is 0 Å². The molecule has 0 atom stereocenters. The van der Waals surface area contributed by atoms with E-state index in [1.165, 1.54) is 26.6 Å². The second-order valence-corrected chi connectivity index (χ2v) is 8.76. The summed E-state index contributed by atoms with van der Waals surface area (Å²) in [6.07, 6.45) is 2.96. The second-order valence-electron chi connectivity index (χ2n) is 2.01. The average molecular weight is 324 g/mol. The summed E-state index contributed by atoms with van der Waals surface area (Å²) in [4.78, 5) is 7.54. The molecule has 9 heteroatoms. The Labute approximate surface area is 104 Å². The van der Waals surface area contributed by atoms with Crippen LogP contribution in [0.15, 0.2) is 18.5 Å². The van der Waals surface area contributed by atoms with Crippen molar-refractivity contribution < 1.29 is 28.8 Å². The molecule has 0 bridgehead atoms. The fourth-order valence-corrected chi connectivity index (χ4v) is 1.56. The topological polar surface area (TPSA) is 61.3 Å². The SMILES string of the molecule is COP(=O)(OC)c1ncccn1.[Cl][Zn][Cl]. The molecular weight excluding hydrogens is 315 g/mol. The van der Waals surface area contributed by atoms with E-state index in [0.717, 1.165) is 0 Å². The van der Waals surface area contributed by atoms with Crippen LogP contribution in [-0.2, 0) is 28.8 Å². The fraction of sp³-hybridized carbons (Fsp3) is 0.333. The van der Waals surface area contributed by atoms with E-state index in [2.05, 4.69) is 19.0 Å². The predicted molar refractivity (Wildman–Crippen MR) is 55.0 cm³/mol. The van der Waals surface area contributed by atoms with E-state index in [4.69, 9.17) is 19.4 Å². The van der Waals surface area contributed by atoms with Crippen LogP contribution in [0.1, 0.15) is 0 Å². The van der Waals surface area contributed by atoms with Gasteiger partial charge in [-0.25, -0.2) is 9.97 Å². The van der Waals surface area contributed by atoms with Crippen LogP contribution in [0.3, 0.4) is 0 Å². The van der Waals surface area contributed by atoms with Gasteiger partial charge >= 0.3 is 42.1 Å². The predicted octanol–water partition coefficient (Wildman–Crippen LogP) is 1.96. The number of hydrogen-bond donors (Lipinski definition) is 0. The van der Waals surface area contributed by atoms with Gasteiger partial charge in [-0.3, -0.25) is 4.57 Å². The zero-order valence-electron chi connectivity index (χ0n) is 8.26. The summed E-state index contributed by atoms with van der Waals surface area (Å²) in [5.41, 5.74) is 0.0787. The third-order valence-corrected chi connectivity index (χ3v) is 2.96. The van der Waals surface area contributed by atoms with E-state index in [1.807, 2.05) is 0 Å². The molecule has 0 radical (unpaired) electrons. The summed E-state index contributed by atoms with van der Waals surface area (Å²) in [5, 5.41) is 0. The minimum absolute atomic E-state index is 0.0787. The molecule has 0 spiro atoms. The Hall–Kier alpha value is 0.433. The normalized spacial score (nSPS) is 9.87. The Balaban J connectivity index is 0.000000583. The van der Waals surface area contributed by atoms with Crippen molar-refractivity contribution in [1.29, 1.82) is 0 Å². The summed E-state index contributed by atoms with van der Waals surface area (Å²) < 4.78 is 20.9. The summed E-state index contributed by atoms with van der Waals surface area (Å²) in [5.74, 6) is 0. The van der Waals surface area contributed by atoms with Crippen molar-refractivity contribution >= 4 is 32.5 Å². The third-order valence-electron chi connectivity index (χ3n) is 1.28. The maximum atomic E-state index is 11.6. The van der Waals surface area contributed by atoms with E-state index in [9.17, 15) is 4.57 Å². The minimum atomic E-state index is -3.26. The Bertz CT molecular complexity index is 309. The van der Waals surface area contributed by atoms with Crippen LogP contribution in [0.5, 0.6) is 0 Å². The van der Waals surface area contributed by atoms with Crippen LogP contribution in [-0.4, -0.2) is 24.2 Å². The van der Waals surface area contributed by atoms with Crippen molar-refractivity contribution in [2.45, 2.75) is 0 Å². The number of aromatic nitrogens is 2. The van der Waals surface area contributed by atoms with Crippen molar-refractivity contribution in [2.75, 3.05) is 14.2 Å². The van der Waals surface area contributed by atoms with E-state index in [1.54, 1.807) is 6.07 Å². The number of halogens is 2. The molecule has 82 valence electrons. The first-order valence-corrected chi connectivity index (χ1v) is 13.1. The van der Waals surface area contributed by atoms with Gasteiger partial charge in [0.05, 0.1) is 0 Å². The first-order valence-electron chi connectivity index (χ1n) is 3.75. The number of hydrogen-bond acceptors (Lipinski definition) is 5. The maximum absolute atomic E-state index is 11.6. The van der Waals surface area contributed by atoms with Gasteiger partial charge in [0, 0.05) is 26.6 Å². The summed E-state index contributed by atoms with van der Waals surface area (Å²) in [6.45, 7) is 0. The van der Waals surface area contributed by atoms with Crippen LogP contribution in [0, 0.1) is 0 Å². The Morgan fingerprint density at radius 3 is 2.00 bits per heavy atom. The first-order chi connectivity index (χ1) is 7.14. The molecule has 0 aliphatic heterocycles. The van der Waals surface area contributed by atoms with Crippen LogP contribution in [0.25, 0.3) is 0 Å². The molecular formula is C6H9Cl2N2O3PZn. The van der Waals surface area contributed by atoms with E-state index in [-0.39, 0.29) is 5.57 Å². The molecule has 0 aliphatic carbocycles. The Kier molecular flexibility index (Phi) is 8.82. The molecule has 0 unspecified atom stereocenters. The zero-order chi connectivity index (χ0) is 11.7. The van der Waals surface area contributed by atoms with Crippen LogP contribution < -0.4 is 5.57 Å². The Morgan fingerprint density at radius 2 is 1.67 bits per heavy atom. The van der Waals surface area contributed by atoms with Crippen molar-refractivity contribution in [3.63, 3.8) is 0 Å². The Morgan fingerprint density at radius 1 is 1.27 bits per heavy atom. The average Bonchev–Trinajstić information content (AvgIpc) is 2.30. The molecule has 0 amide bonds.